The Hall–Kier alpha value is -1.45. The lowest BCUT2D eigenvalue weighted by atomic mass is 10.1. The highest BCUT2D eigenvalue weighted by Crippen LogP contribution is 2.14. The van der Waals surface area contributed by atoms with Gasteiger partial charge in [-0.05, 0) is 0 Å². The quantitative estimate of drug-likeness (QED) is 0.331. The van der Waals surface area contributed by atoms with Crippen LogP contribution in [0.15, 0.2) is 30.3 Å². The van der Waals surface area contributed by atoms with E-state index in [4.69, 9.17) is 18.6 Å². The maximum absolute atomic E-state index is 11.6. The first kappa shape index (κ1) is 25.6. The van der Waals surface area contributed by atoms with Gasteiger partial charge in [0, 0.05) is 31.7 Å². The lowest BCUT2D eigenvalue weighted by molar-refractivity contribution is 0.100. The van der Waals surface area contributed by atoms with E-state index < -0.39 is 30.6 Å². The van der Waals surface area contributed by atoms with E-state index in [-0.39, 0.29) is 5.56 Å². The molecular weight excluding hydrogens is 428 g/mol. The van der Waals surface area contributed by atoms with Crippen LogP contribution in [-0.2, 0) is 29.7 Å². The van der Waals surface area contributed by atoms with Crippen molar-refractivity contribution in [2.75, 3.05) is 52.6 Å². The second-order valence-corrected chi connectivity index (χ2v) is 9.12. The van der Waals surface area contributed by atoms with Crippen molar-refractivity contribution in [1.82, 2.24) is 10.6 Å². The summed E-state index contributed by atoms with van der Waals surface area (Å²) in [7, 11) is -10.5. The number of hydrogen-bond acceptors (Lipinski definition) is 9. The van der Waals surface area contributed by atoms with Gasteiger partial charge in [0.25, 0.3) is 24.8 Å². The Morgan fingerprint density at radius 3 is 1.41 bits per heavy atom. The van der Waals surface area contributed by atoms with E-state index in [0.29, 0.717) is 0 Å². The van der Waals surface area contributed by atoms with Crippen LogP contribution in [0, 0.1) is 0 Å². The number of ether oxygens (including phenoxy) is 2. The first-order valence-electron chi connectivity index (χ1n) is 8.73. The lowest BCUT2D eigenvalue weighted by Gasteiger charge is -2.10. The number of rotatable bonds is 4. The molecule has 29 heavy (non-hydrogen) atoms. The Bertz CT molecular complexity index is 739. The smallest absolute Gasteiger partial charge is 0.292 e. The van der Waals surface area contributed by atoms with E-state index >= 15 is 0 Å². The molecule has 166 valence electrons. The van der Waals surface area contributed by atoms with Crippen LogP contribution in [0.25, 0.3) is 0 Å². The maximum atomic E-state index is 11.6. The number of morpholine rings is 2. The lowest BCUT2D eigenvalue weighted by Crippen LogP contribution is -2.37. The highest BCUT2D eigenvalue weighted by Gasteiger charge is 2.42. The number of Topliss-reactive ketones (excluding diaryl/α,β-unsaturated/α-hetero) is 1. The largest absolute Gasteiger partial charge is 0.379 e. The minimum Gasteiger partial charge on any atom is -0.379 e. The summed E-state index contributed by atoms with van der Waals surface area (Å²) in [5.74, 6) is -1.42. The normalized spacial score (nSPS) is 17.3. The molecule has 13 heteroatoms. The van der Waals surface area contributed by atoms with Crippen molar-refractivity contribution in [2.45, 2.75) is 4.58 Å². The van der Waals surface area contributed by atoms with Crippen LogP contribution in [0.3, 0.4) is 0 Å². The van der Waals surface area contributed by atoms with Crippen molar-refractivity contribution in [1.29, 1.82) is 0 Å². The van der Waals surface area contributed by atoms with Gasteiger partial charge in [0.15, 0.2) is 0 Å². The average Bonchev–Trinajstić information content (AvgIpc) is 2.70. The molecule has 2 aliphatic rings. The van der Waals surface area contributed by atoms with Crippen LogP contribution in [0.1, 0.15) is 10.4 Å². The first-order chi connectivity index (χ1) is 13.6. The number of carbonyl (C=O) groups excluding carboxylic acids is 1. The van der Waals surface area contributed by atoms with Crippen molar-refractivity contribution >= 4 is 26.0 Å². The molecule has 0 aliphatic carbocycles. The molecule has 0 atom stereocenters. The summed E-state index contributed by atoms with van der Waals surface area (Å²) in [6.45, 7) is 7.67. The average molecular weight is 455 g/mol. The van der Waals surface area contributed by atoms with Crippen LogP contribution in [-0.4, -0.2) is 88.9 Å². The second kappa shape index (κ2) is 13.0. The molecule has 0 bridgehead atoms. The Kier molecular flexibility index (Phi) is 11.4. The molecule has 11 nitrogen and oxygen atoms in total. The molecule has 2 fully saturated rings. The summed E-state index contributed by atoms with van der Waals surface area (Å²) in [5.41, 5.74) is -0.257. The summed E-state index contributed by atoms with van der Waals surface area (Å²) in [6, 6.07) is 6.58. The Labute approximate surface area is 170 Å². The van der Waals surface area contributed by atoms with Gasteiger partial charge in [-0.25, -0.2) is 0 Å². The third kappa shape index (κ3) is 10.8. The molecule has 0 spiro atoms. The number of hydrogen-bond donors (Lipinski definition) is 4. The SMILES string of the molecule is C1COCCN1.C1COCCN1.O=C(c1ccccc1)C(S(=O)(=O)O)S(=O)(=O)O. The zero-order chi connectivity index (χ0) is 21.8. The molecule has 0 amide bonds. The summed E-state index contributed by atoms with van der Waals surface area (Å²) >= 11 is 0. The number of ketones is 1. The Morgan fingerprint density at radius 1 is 0.793 bits per heavy atom. The van der Waals surface area contributed by atoms with Gasteiger partial charge >= 0.3 is 0 Å². The van der Waals surface area contributed by atoms with E-state index in [2.05, 4.69) is 10.6 Å². The maximum Gasteiger partial charge on any atom is 0.292 e. The van der Waals surface area contributed by atoms with Crippen LogP contribution in [0.5, 0.6) is 0 Å². The molecule has 4 N–H and O–H groups in total. The Morgan fingerprint density at radius 2 is 1.17 bits per heavy atom. The first-order valence-corrected chi connectivity index (χ1v) is 11.7. The minimum atomic E-state index is -5.26. The third-order valence-corrected chi connectivity index (χ3v) is 6.48. The molecule has 0 radical (unpaired) electrons. The van der Waals surface area contributed by atoms with Gasteiger partial charge in [-0.15, -0.1) is 0 Å². The van der Waals surface area contributed by atoms with Gasteiger partial charge in [-0.3, -0.25) is 13.9 Å². The molecule has 1 aromatic carbocycles. The molecule has 0 aromatic heterocycles. The van der Waals surface area contributed by atoms with Gasteiger partial charge in [0.2, 0.25) is 5.78 Å². The summed E-state index contributed by atoms with van der Waals surface area (Å²) in [5, 5.41) is 6.32. The fraction of sp³-hybridized carbons (Fsp3) is 0.562. The van der Waals surface area contributed by atoms with Gasteiger partial charge in [-0.1, -0.05) is 30.3 Å². The fourth-order valence-electron chi connectivity index (χ4n) is 2.19. The van der Waals surface area contributed by atoms with E-state index in [1.807, 2.05) is 0 Å². The predicted molar refractivity (Wildman–Crippen MR) is 105 cm³/mol. The van der Waals surface area contributed by atoms with Crippen molar-refractivity contribution in [3.63, 3.8) is 0 Å². The van der Waals surface area contributed by atoms with Gasteiger partial charge in [0.05, 0.1) is 26.4 Å². The number of nitrogens with one attached hydrogen (secondary N) is 2. The van der Waals surface area contributed by atoms with Crippen molar-refractivity contribution in [3.05, 3.63) is 35.9 Å². The fourth-order valence-corrected chi connectivity index (χ4v) is 4.24. The zero-order valence-electron chi connectivity index (χ0n) is 15.7. The second-order valence-electron chi connectivity index (χ2n) is 5.82. The highest BCUT2D eigenvalue weighted by atomic mass is 32.3. The predicted octanol–water partition coefficient (Wildman–Crippen LogP) is -0.817. The molecule has 1 aromatic rings. The molecule has 0 saturated carbocycles. The van der Waals surface area contributed by atoms with Crippen LogP contribution >= 0.6 is 0 Å². The molecule has 3 rings (SSSR count). The number of carbonyl (C=O) groups is 1. The summed E-state index contributed by atoms with van der Waals surface area (Å²) in [4.78, 5) is 11.6. The van der Waals surface area contributed by atoms with E-state index in [9.17, 15) is 21.6 Å². The summed E-state index contributed by atoms with van der Waals surface area (Å²) < 4.78 is 67.6. The van der Waals surface area contributed by atoms with Crippen LogP contribution in [0.2, 0.25) is 0 Å². The molecule has 2 heterocycles. The molecule has 2 saturated heterocycles. The third-order valence-electron chi connectivity index (χ3n) is 3.51. The van der Waals surface area contributed by atoms with Crippen molar-refractivity contribution in [2.24, 2.45) is 0 Å². The summed E-state index contributed by atoms with van der Waals surface area (Å²) in [6.07, 6.45) is 0. The van der Waals surface area contributed by atoms with Gasteiger partial charge in [0.1, 0.15) is 0 Å². The monoisotopic (exact) mass is 454 g/mol. The van der Waals surface area contributed by atoms with Gasteiger partial charge in [-0.2, -0.15) is 16.8 Å². The van der Waals surface area contributed by atoms with Crippen LogP contribution in [0.4, 0.5) is 0 Å². The minimum absolute atomic E-state index is 0.257. The van der Waals surface area contributed by atoms with Gasteiger partial charge < -0.3 is 20.1 Å². The zero-order valence-corrected chi connectivity index (χ0v) is 17.3. The molecule has 2 aliphatic heterocycles. The molecule has 0 unspecified atom stereocenters. The van der Waals surface area contributed by atoms with E-state index in [0.717, 1.165) is 64.7 Å². The van der Waals surface area contributed by atoms with Crippen molar-refractivity contribution in [3.8, 4) is 0 Å². The van der Waals surface area contributed by atoms with Crippen LogP contribution < -0.4 is 10.6 Å². The number of benzene rings is 1. The highest BCUT2D eigenvalue weighted by molar-refractivity contribution is 8.05. The Balaban J connectivity index is 0.000000281. The molecular formula is C16H26N2O9S2. The topological polar surface area (TPSA) is 168 Å². The van der Waals surface area contributed by atoms with Crippen molar-refractivity contribution < 1.29 is 40.2 Å². The van der Waals surface area contributed by atoms with E-state index in [1.165, 1.54) is 18.2 Å². The van der Waals surface area contributed by atoms with E-state index in [1.54, 1.807) is 0 Å². The standard InChI is InChI=1S/C8H8O7S2.2C4H9NO/c9-7(6-4-2-1-3-5-6)8(16(10,11)12)17(13,14)15;2*1-3-6-4-2-5-1/h1-5,8H,(H,10,11,12)(H,13,14,15);2*5H,1-4H2.